The topological polar surface area (TPSA) is 75.1 Å². The zero-order chi connectivity index (χ0) is 12.1. The zero-order valence-corrected chi connectivity index (χ0v) is 10.4. The van der Waals surface area contributed by atoms with E-state index in [-0.39, 0.29) is 25.1 Å². The van der Waals surface area contributed by atoms with Crippen molar-refractivity contribution in [2.75, 3.05) is 6.61 Å². The number of aliphatic hydroxyl groups excluding tert-OH is 1. The molecule has 0 saturated carbocycles. The van der Waals surface area contributed by atoms with Crippen LogP contribution in [-0.2, 0) is 6.54 Å². The number of aliphatic hydroxyl groups is 1. The van der Waals surface area contributed by atoms with Crippen molar-refractivity contribution in [3.8, 4) is 0 Å². The molecule has 0 saturated heterocycles. The van der Waals surface area contributed by atoms with Gasteiger partial charge in [-0.2, -0.15) is 0 Å². The molecule has 88 valence electrons. The van der Waals surface area contributed by atoms with E-state index in [0.29, 0.717) is 9.90 Å². The van der Waals surface area contributed by atoms with Crippen molar-refractivity contribution in [2.45, 2.75) is 13.0 Å². The lowest BCUT2D eigenvalue weighted by atomic mass is 10.2. The van der Waals surface area contributed by atoms with Gasteiger partial charge < -0.3 is 5.11 Å². The van der Waals surface area contributed by atoms with Crippen molar-refractivity contribution in [1.82, 2.24) is 9.55 Å². The Kier molecular flexibility index (Phi) is 4.87. The molecule has 16 heavy (non-hydrogen) atoms. The molecule has 1 rings (SSSR count). The van der Waals surface area contributed by atoms with Crippen LogP contribution in [0.25, 0.3) is 0 Å². The van der Waals surface area contributed by atoms with E-state index in [4.69, 9.17) is 5.11 Å². The minimum atomic E-state index is -0.540. The van der Waals surface area contributed by atoms with Gasteiger partial charge in [-0.25, -0.2) is 9.18 Å². The molecule has 5 nitrogen and oxygen atoms in total. The standard InChI is InChI=1S/C9H10FIN2O3/c10-3-6(5-14)1-2-13-4-7(11)8(15)12-9(13)16/h3-4,14H,1-2,5H2,(H,12,15,16)/b6-3+. The summed E-state index contributed by atoms with van der Waals surface area (Å²) in [6.45, 7) is -0.173. The molecule has 0 aliphatic rings. The molecule has 1 aromatic heterocycles. The lowest BCUT2D eigenvalue weighted by molar-refractivity contribution is 0.321. The van der Waals surface area contributed by atoms with E-state index in [2.05, 4.69) is 4.98 Å². The summed E-state index contributed by atoms with van der Waals surface area (Å²) in [4.78, 5) is 24.5. The van der Waals surface area contributed by atoms with E-state index < -0.39 is 11.2 Å². The summed E-state index contributed by atoms with van der Waals surface area (Å²) in [7, 11) is 0. The highest BCUT2D eigenvalue weighted by Gasteiger charge is 2.03. The number of aromatic amines is 1. The third-order valence-electron chi connectivity index (χ3n) is 2.00. The van der Waals surface area contributed by atoms with Crippen molar-refractivity contribution in [3.63, 3.8) is 0 Å². The van der Waals surface area contributed by atoms with Gasteiger partial charge in [-0.1, -0.05) is 0 Å². The molecule has 0 fully saturated rings. The number of nitrogens with one attached hydrogen (secondary N) is 1. The molecule has 0 amide bonds. The van der Waals surface area contributed by atoms with Crippen molar-refractivity contribution in [1.29, 1.82) is 0 Å². The van der Waals surface area contributed by atoms with Crippen LogP contribution < -0.4 is 11.2 Å². The van der Waals surface area contributed by atoms with E-state index >= 15 is 0 Å². The van der Waals surface area contributed by atoms with Gasteiger partial charge in [0.25, 0.3) is 5.56 Å². The van der Waals surface area contributed by atoms with Crippen LogP contribution in [-0.4, -0.2) is 21.3 Å². The molecular weight excluding hydrogens is 330 g/mol. The molecule has 1 aromatic rings. The maximum absolute atomic E-state index is 12.1. The summed E-state index contributed by atoms with van der Waals surface area (Å²) in [5.74, 6) is 0. The summed E-state index contributed by atoms with van der Waals surface area (Å²) in [6.07, 6.45) is 1.94. The molecule has 0 radical (unpaired) electrons. The number of hydrogen-bond donors (Lipinski definition) is 2. The quantitative estimate of drug-likeness (QED) is 0.778. The van der Waals surface area contributed by atoms with E-state index in [9.17, 15) is 14.0 Å². The molecule has 0 bridgehead atoms. The van der Waals surface area contributed by atoms with Crippen LogP contribution in [0.3, 0.4) is 0 Å². The van der Waals surface area contributed by atoms with Crippen LogP contribution in [0.4, 0.5) is 4.39 Å². The minimum absolute atomic E-state index is 0.202. The van der Waals surface area contributed by atoms with Gasteiger partial charge in [0.1, 0.15) is 0 Å². The Bertz CT molecular complexity index is 506. The van der Waals surface area contributed by atoms with Gasteiger partial charge in [0.05, 0.1) is 16.5 Å². The number of nitrogens with zero attached hydrogens (tertiary/aromatic N) is 1. The second kappa shape index (κ2) is 5.94. The van der Waals surface area contributed by atoms with Gasteiger partial charge >= 0.3 is 5.69 Å². The highest BCUT2D eigenvalue weighted by Crippen LogP contribution is 2.02. The molecule has 0 aliphatic heterocycles. The third kappa shape index (κ3) is 3.27. The Hall–Kier alpha value is -0.960. The number of halogens is 2. The first-order chi connectivity index (χ1) is 7.58. The molecule has 0 atom stereocenters. The summed E-state index contributed by atoms with van der Waals surface area (Å²) < 4.78 is 13.8. The van der Waals surface area contributed by atoms with Crippen molar-refractivity contribution in [2.24, 2.45) is 0 Å². The molecular formula is C9H10FIN2O3. The summed E-state index contributed by atoms with van der Waals surface area (Å²) in [5, 5.41) is 8.72. The monoisotopic (exact) mass is 340 g/mol. The summed E-state index contributed by atoms with van der Waals surface area (Å²) >= 11 is 1.80. The van der Waals surface area contributed by atoms with E-state index in [1.54, 1.807) is 22.6 Å². The Morgan fingerprint density at radius 3 is 2.88 bits per heavy atom. The van der Waals surface area contributed by atoms with Gasteiger partial charge in [0, 0.05) is 12.7 Å². The lowest BCUT2D eigenvalue weighted by Crippen LogP contribution is -2.31. The Labute approximate surface area is 104 Å². The van der Waals surface area contributed by atoms with Crippen LogP contribution in [0.15, 0.2) is 27.7 Å². The molecule has 7 heteroatoms. The SMILES string of the molecule is O=c1[nH]c(=O)n(CC/C(=C\F)CO)cc1I. The van der Waals surface area contributed by atoms with Crippen LogP contribution >= 0.6 is 22.6 Å². The van der Waals surface area contributed by atoms with Gasteiger partial charge in [-0.05, 0) is 34.6 Å². The molecule has 0 spiro atoms. The smallest absolute Gasteiger partial charge is 0.328 e. The number of aryl methyl sites for hydroxylation is 1. The highest BCUT2D eigenvalue weighted by molar-refractivity contribution is 14.1. The molecule has 0 unspecified atom stereocenters. The first-order valence-corrected chi connectivity index (χ1v) is 5.54. The molecule has 0 aliphatic carbocycles. The predicted molar refractivity (Wildman–Crippen MR) is 64.9 cm³/mol. The van der Waals surface area contributed by atoms with Crippen molar-refractivity contribution in [3.05, 3.63) is 42.5 Å². The number of H-pyrrole nitrogens is 1. The highest BCUT2D eigenvalue weighted by atomic mass is 127. The minimum Gasteiger partial charge on any atom is -0.392 e. The number of hydrogen-bond acceptors (Lipinski definition) is 3. The van der Waals surface area contributed by atoms with Crippen LogP contribution in [0, 0.1) is 3.57 Å². The van der Waals surface area contributed by atoms with Gasteiger partial charge in [-0.3, -0.25) is 14.3 Å². The molecule has 1 heterocycles. The maximum atomic E-state index is 12.1. The van der Waals surface area contributed by atoms with Crippen LogP contribution in [0.2, 0.25) is 0 Å². The van der Waals surface area contributed by atoms with Crippen molar-refractivity contribution < 1.29 is 9.50 Å². The van der Waals surface area contributed by atoms with Gasteiger partial charge in [0.2, 0.25) is 0 Å². The van der Waals surface area contributed by atoms with E-state index in [1.807, 2.05) is 0 Å². The summed E-state index contributed by atoms with van der Waals surface area (Å²) in [5.41, 5.74) is -0.778. The van der Waals surface area contributed by atoms with E-state index in [0.717, 1.165) is 0 Å². The van der Waals surface area contributed by atoms with Crippen LogP contribution in [0.5, 0.6) is 0 Å². The number of rotatable bonds is 4. The second-order valence-corrected chi connectivity index (χ2v) is 4.27. The first-order valence-electron chi connectivity index (χ1n) is 4.46. The third-order valence-corrected chi connectivity index (χ3v) is 2.77. The Morgan fingerprint density at radius 1 is 1.62 bits per heavy atom. The predicted octanol–water partition coefficient (Wildman–Crippen LogP) is 0.377. The van der Waals surface area contributed by atoms with Crippen LogP contribution in [0.1, 0.15) is 6.42 Å². The average molecular weight is 340 g/mol. The Morgan fingerprint density at radius 2 is 2.31 bits per heavy atom. The molecule has 0 aromatic carbocycles. The molecule has 2 N–H and O–H groups in total. The zero-order valence-electron chi connectivity index (χ0n) is 8.24. The normalized spacial score (nSPS) is 11.8. The lowest BCUT2D eigenvalue weighted by Gasteiger charge is -2.05. The number of aromatic nitrogens is 2. The summed E-state index contributed by atoms with van der Waals surface area (Å²) in [6, 6.07) is 0. The maximum Gasteiger partial charge on any atom is 0.328 e. The van der Waals surface area contributed by atoms with E-state index in [1.165, 1.54) is 10.8 Å². The second-order valence-electron chi connectivity index (χ2n) is 3.11. The average Bonchev–Trinajstić information content (AvgIpc) is 2.26. The fourth-order valence-corrected chi connectivity index (χ4v) is 1.55. The first kappa shape index (κ1) is 13.1. The van der Waals surface area contributed by atoms with Gasteiger partial charge in [0.15, 0.2) is 0 Å². The fourth-order valence-electron chi connectivity index (χ4n) is 1.08. The largest absolute Gasteiger partial charge is 0.392 e. The van der Waals surface area contributed by atoms with Gasteiger partial charge in [-0.15, -0.1) is 0 Å². The van der Waals surface area contributed by atoms with Crippen molar-refractivity contribution >= 4 is 22.6 Å². The Balaban J connectivity index is 2.87. The fraction of sp³-hybridized carbons (Fsp3) is 0.333.